The smallest absolute Gasteiger partial charge is 0.138 e. The monoisotopic (exact) mass is 185 g/mol. The van der Waals surface area contributed by atoms with Crippen LogP contribution in [0.3, 0.4) is 0 Å². The lowest BCUT2D eigenvalue weighted by atomic mass is 9.90. The molecule has 1 aliphatic rings. The van der Waals surface area contributed by atoms with Gasteiger partial charge in [-0.15, -0.1) is 0 Å². The SMILES string of the molecule is C[C@H]1C(=O)CCN(CCCO)[C@H]1C. The molecule has 0 aliphatic carbocycles. The van der Waals surface area contributed by atoms with Gasteiger partial charge in [-0.25, -0.2) is 0 Å². The molecule has 76 valence electrons. The second kappa shape index (κ2) is 4.72. The quantitative estimate of drug-likeness (QED) is 0.702. The summed E-state index contributed by atoms with van der Waals surface area (Å²) < 4.78 is 0. The molecule has 1 heterocycles. The minimum absolute atomic E-state index is 0.160. The highest BCUT2D eigenvalue weighted by Crippen LogP contribution is 2.19. The Kier molecular flexibility index (Phi) is 3.88. The largest absolute Gasteiger partial charge is 0.396 e. The number of rotatable bonds is 3. The third-order valence-electron chi connectivity index (χ3n) is 3.06. The van der Waals surface area contributed by atoms with E-state index in [9.17, 15) is 4.79 Å². The highest BCUT2D eigenvalue weighted by atomic mass is 16.3. The maximum atomic E-state index is 11.3. The number of carbonyl (C=O) groups excluding carboxylic acids is 1. The van der Waals surface area contributed by atoms with Gasteiger partial charge in [0.15, 0.2) is 0 Å². The maximum absolute atomic E-state index is 11.3. The van der Waals surface area contributed by atoms with Gasteiger partial charge in [0.2, 0.25) is 0 Å². The molecule has 0 saturated carbocycles. The second-order valence-corrected chi connectivity index (χ2v) is 3.86. The van der Waals surface area contributed by atoms with Crippen LogP contribution in [0.15, 0.2) is 0 Å². The molecule has 1 rings (SSSR count). The molecule has 1 aliphatic heterocycles. The number of piperidine rings is 1. The molecule has 0 radical (unpaired) electrons. The number of aliphatic hydroxyl groups is 1. The van der Waals surface area contributed by atoms with E-state index in [2.05, 4.69) is 11.8 Å². The topological polar surface area (TPSA) is 40.5 Å². The fourth-order valence-corrected chi connectivity index (χ4v) is 1.86. The van der Waals surface area contributed by atoms with Gasteiger partial charge in [-0.1, -0.05) is 6.92 Å². The molecule has 0 aromatic rings. The van der Waals surface area contributed by atoms with Crippen molar-refractivity contribution in [3.8, 4) is 0 Å². The molecule has 0 amide bonds. The van der Waals surface area contributed by atoms with Crippen molar-refractivity contribution in [1.82, 2.24) is 4.90 Å². The summed E-state index contributed by atoms with van der Waals surface area (Å²) >= 11 is 0. The summed E-state index contributed by atoms with van der Waals surface area (Å²) in [5.74, 6) is 0.542. The zero-order valence-electron chi connectivity index (χ0n) is 8.49. The lowest BCUT2D eigenvalue weighted by Gasteiger charge is -2.36. The third-order valence-corrected chi connectivity index (χ3v) is 3.06. The molecule has 3 nitrogen and oxygen atoms in total. The van der Waals surface area contributed by atoms with Crippen molar-refractivity contribution < 1.29 is 9.90 Å². The molecule has 1 saturated heterocycles. The van der Waals surface area contributed by atoms with Crippen molar-refractivity contribution in [3.63, 3.8) is 0 Å². The molecule has 2 atom stereocenters. The van der Waals surface area contributed by atoms with Gasteiger partial charge in [0.1, 0.15) is 5.78 Å². The molecule has 0 unspecified atom stereocenters. The first-order chi connectivity index (χ1) is 6.16. The molecule has 1 fully saturated rings. The van der Waals surface area contributed by atoms with Crippen LogP contribution < -0.4 is 0 Å². The van der Waals surface area contributed by atoms with E-state index in [-0.39, 0.29) is 12.5 Å². The van der Waals surface area contributed by atoms with E-state index in [1.165, 1.54) is 0 Å². The Morgan fingerprint density at radius 1 is 1.54 bits per heavy atom. The molecular formula is C10H19NO2. The van der Waals surface area contributed by atoms with Crippen molar-refractivity contribution >= 4 is 5.78 Å². The van der Waals surface area contributed by atoms with Crippen LogP contribution in [-0.4, -0.2) is 41.5 Å². The van der Waals surface area contributed by atoms with Crippen molar-refractivity contribution in [2.24, 2.45) is 5.92 Å². The summed E-state index contributed by atoms with van der Waals surface area (Å²) in [5, 5.41) is 8.71. The number of Topliss-reactive ketones (excluding diaryl/α,β-unsaturated/α-hetero) is 1. The van der Waals surface area contributed by atoms with E-state index in [0.717, 1.165) is 19.5 Å². The zero-order valence-corrected chi connectivity index (χ0v) is 8.49. The minimum atomic E-state index is 0.160. The Hall–Kier alpha value is -0.410. The molecule has 3 heteroatoms. The van der Waals surface area contributed by atoms with Gasteiger partial charge in [0.25, 0.3) is 0 Å². The summed E-state index contributed by atoms with van der Waals surface area (Å²) in [6.45, 7) is 6.11. The fourth-order valence-electron chi connectivity index (χ4n) is 1.86. The van der Waals surface area contributed by atoms with Gasteiger partial charge in [0.05, 0.1) is 0 Å². The molecule has 0 spiro atoms. The van der Waals surface area contributed by atoms with Gasteiger partial charge < -0.3 is 5.11 Å². The van der Waals surface area contributed by atoms with Crippen LogP contribution in [0.2, 0.25) is 0 Å². The average Bonchev–Trinajstić information content (AvgIpc) is 2.13. The van der Waals surface area contributed by atoms with Crippen LogP contribution in [0.4, 0.5) is 0 Å². The van der Waals surface area contributed by atoms with E-state index in [1.807, 2.05) is 6.92 Å². The second-order valence-electron chi connectivity index (χ2n) is 3.86. The van der Waals surface area contributed by atoms with Gasteiger partial charge >= 0.3 is 0 Å². The Morgan fingerprint density at radius 2 is 2.23 bits per heavy atom. The number of likely N-dealkylation sites (tertiary alicyclic amines) is 1. The summed E-state index contributed by atoms with van der Waals surface area (Å²) in [6.07, 6.45) is 1.49. The molecule has 13 heavy (non-hydrogen) atoms. The van der Waals surface area contributed by atoms with E-state index in [1.54, 1.807) is 0 Å². The zero-order chi connectivity index (χ0) is 9.84. The normalized spacial score (nSPS) is 30.8. The summed E-state index contributed by atoms with van der Waals surface area (Å²) in [6, 6.07) is 0.341. The molecule has 0 aromatic carbocycles. The van der Waals surface area contributed by atoms with Crippen LogP contribution in [0.25, 0.3) is 0 Å². The highest BCUT2D eigenvalue weighted by molar-refractivity contribution is 5.82. The lowest BCUT2D eigenvalue weighted by Crippen LogP contribution is -2.47. The molecule has 0 bridgehead atoms. The summed E-state index contributed by atoms with van der Waals surface area (Å²) in [5.41, 5.74) is 0. The van der Waals surface area contributed by atoms with Gasteiger partial charge in [-0.05, 0) is 13.3 Å². The van der Waals surface area contributed by atoms with Crippen molar-refractivity contribution in [2.75, 3.05) is 19.7 Å². The van der Waals surface area contributed by atoms with E-state index >= 15 is 0 Å². The van der Waals surface area contributed by atoms with Crippen LogP contribution in [0.1, 0.15) is 26.7 Å². The van der Waals surface area contributed by atoms with E-state index in [4.69, 9.17) is 5.11 Å². The van der Waals surface area contributed by atoms with Gasteiger partial charge in [0, 0.05) is 38.1 Å². The molecule has 1 N–H and O–H groups in total. The summed E-state index contributed by atoms with van der Waals surface area (Å²) in [7, 11) is 0. The number of hydrogen-bond donors (Lipinski definition) is 1. The van der Waals surface area contributed by atoms with Gasteiger partial charge in [-0.2, -0.15) is 0 Å². The molecular weight excluding hydrogens is 166 g/mol. The van der Waals surface area contributed by atoms with Crippen LogP contribution >= 0.6 is 0 Å². The van der Waals surface area contributed by atoms with Crippen LogP contribution in [0.5, 0.6) is 0 Å². The highest BCUT2D eigenvalue weighted by Gasteiger charge is 2.29. The molecule has 0 aromatic heterocycles. The predicted molar refractivity (Wildman–Crippen MR) is 51.5 cm³/mol. The van der Waals surface area contributed by atoms with Crippen LogP contribution in [0, 0.1) is 5.92 Å². The van der Waals surface area contributed by atoms with Crippen molar-refractivity contribution in [3.05, 3.63) is 0 Å². The van der Waals surface area contributed by atoms with Crippen molar-refractivity contribution in [2.45, 2.75) is 32.7 Å². The standard InChI is InChI=1S/C10H19NO2/c1-8-9(2)11(5-3-7-12)6-4-10(8)13/h8-9,12H,3-7H2,1-2H3/t8-,9+/m1/s1. The number of carbonyl (C=O) groups is 1. The number of nitrogens with zero attached hydrogens (tertiary/aromatic N) is 1. The van der Waals surface area contributed by atoms with Crippen LogP contribution in [-0.2, 0) is 4.79 Å². The average molecular weight is 185 g/mol. The van der Waals surface area contributed by atoms with E-state index in [0.29, 0.717) is 18.2 Å². The minimum Gasteiger partial charge on any atom is -0.396 e. The number of ketones is 1. The Labute approximate surface area is 79.7 Å². The first kappa shape index (κ1) is 10.7. The maximum Gasteiger partial charge on any atom is 0.138 e. The van der Waals surface area contributed by atoms with Gasteiger partial charge in [-0.3, -0.25) is 9.69 Å². The number of hydrogen-bond acceptors (Lipinski definition) is 3. The first-order valence-corrected chi connectivity index (χ1v) is 5.04. The van der Waals surface area contributed by atoms with E-state index < -0.39 is 0 Å². The lowest BCUT2D eigenvalue weighted by molar-refractivity contribution is -0.127. The Balaban J connectivity index is 2.44. The summed E-state index contributed by atoms with van der Waals surface area (Å²) in [4.78, 5) is 13.6. The first-order valence-electron chi connectivity index (χ1n) is 5.04. The third kappa shape index (κ3) is 2.51. The fraction of sp³-hybridized carbons (Fsp3) is 0.900. The predicted octanol–water partition coefficient (Wildman–Crippen LogP) is 0.668. The Bertz CT molecular complexity index is 182. The van der Waals surface area contributed by atoms with Crippen molar-refractivity contribution in [1.29, 1.82) is 0 Å². The Morgan fingerprint density at radius 3 is 2.85 bits per heavy atom. The number of aliphatic hydroxyl groups excluding tert-OH is 1.